The average molecular weight is 918 g/mol. The summed E-state index contributed by atoms with van der Waals surface area (Å²) in [6.45, 7) is 1.90. The maximum atomic E-state index is 14.1. The fourth-order valence-corrected chi connectivity index (χ4v) is 9.98. The number of carbonyl (C=O) groups is 3. The molecule has 2 atom stereocenters. The summed E-state index contributed by atoms with van der Waals surface area (Å²) in [6.07, 6.45) is -7.63. The molecule has 3 aliphatic rings. The molecule has 1 spiro atoms. The van der Waals surface area contributed by atoms with Crippen molar-refractivity contribution in [3.8, 4) is 0 Å². The number of alkyl halides is 6. The van der Waals surface area contributed by atoms with E-state index in [1.165, 1.54) is 41.2 Å². The van der Waals surface area contributed by atoms with Gasteiger partial charge in [-0.15, -0.1) is 11.3 Å². The molecule has 7 rings (SSSR count). The number of nitrogens with one attached hydrogen (secondary N) is 1. The first-order valence-corrected chi connectivity index (χ1v) is 21.8. The topological polar surface area (TPSA) is 94.7 Å². The third-order valence-corrected chi connectivity index (χ3v) is 13.9. The molecule has 64 heavy (non-hydrogen) atoms. The monoisotopic (exact) mass is 917 g/mol. The number of amides is 3. The second-order valence-corrected chi connectivity index (χ2v) is 17.9. The van der Waals surface area contributed by atoms with Gasteiger partial charge in [0.2, 0.25) is 5.91 Å². The third kappa shape index (κ3) is 10.1. The fraction of sp³-hybridized carbons (Fsp3) is 0.457. The van der Waals surface area contributed by atoms with Crippen molar-refractivity contribution in [1.29, 1.82) is 0 Å². The molecule has 3 amide bonds. The van der Waals surface area contributed by atoms with Crippen molar-refractivity contribution in [1.82, 2.24) is 19.6 Å². The van der Waals surface area contributed by atoms with Crippen LogP contribution >= 0.6 is 11.3 Å². The van der Waals surface area contributed by atoms with E-state index in [1.807, 2.05) is 18.2 Å². The Hall–Kier alpha value is -5.04. The minimum absolute atomic E-state index is 0.0266. The van der Waals surface area contributed by atoms with Gasteiger partial charge >= 0.3 is 12.4 Å². The fourth-order valence-electron chi connectivity index (χ4n) is 9.12. The van der Waals surface area contributed by atoms with Gasteiger partial charge in [-0.25, -0.2) is 4.39 Å². The van der Waals surface area contributed by atoms with Crippen LogP contribution in [-0.4, -0.2) is 117 Å². The van der Waals surface area contributed by atoms with Crippen LogP contribution in [0.2, 0.25) is 0 Å². The van der Waals surface area contributed by atoms with Crippen molar-refractivity contribution in [3.63, 3.8) is 0 Å². The van der Waals surface area contributed by atoms with Crippen LogP contribution in [0.1, 0.15) is 73.5 Å². The van der Waals surface area contributed by atoms with E-state index in [1.54, 1.807) is 37.0 Å². The summed E-state index contributed by atoms with van der Waals surface area (Å²) in [5.41, 5.74) is -2.74. The number of ether oxygens (including phenoxy) is 2. The highest BCUT2D eigenvalue weighted by Gasteiger charge is 2.50. The summed E-state index contributed by atoms with van der Waals surface area (Å²) < 4.78 is 109. The van der Waals surface area contributed by atoms with E-state index in [9.17, 15) is 45.1 Å². The standard InChI is InChI=1S/C46H50F7N5O5S/c1-54-39-14-13-37(64-39)42(61)56(3)19-6-18-55(2)40(59)27-62-38-25-30-7-4-5-8-36(30)43(38)15-20-57(21-16-43)22-17-44(32-9-11-35(47)12-10-32)28-58(29-63-44)41(60)31-23-33(45(48,49)50)26-34(24-31)46(51,52)53/h4-5,7-14,23-24,26,38,54H,6,15-22,25,27-29H2,1-3H3/t38-,44+/m0/s1. The molecule has 3 heterocycles. The lowest BCUT2D eigenvalue weighted by molar-refractivity contribution is -0.143. The number of thiophene rings is 1. The van der Waals surface area contributed by atoms with Crippen molar-refractivity contribution in [2.75, 3.05) is 79.1 Å². The van der Waals surface area contributed by atoms with Crippen LogP contribution < -0.4 is 5.32 Å². The summed E-state index contributed by atoms with van der Waals surface area (Å²) in [5, 5.41) is 3.93. The van der Waals surface area contributed by atoms with Crippen LogP contribution in [0.15, 0.2) is 78.9 Å². The van der Waals surface area contributed by atoms with E-state index in [4.69, 9.17) is 9.47 Å². The Labute approximate surface area is 370 Å². The van der Waals surface area contributed by atoms with E-state index in [0.29, 0.717) is 81.0 Å². The zero-order chi connectivity index (χ0) is 46.0. The normalized spacial score (nSPS) is 19.8. The van der Waals surface area contributed by atoms with Crippen molar-refractivity contribution in [2.24, 2.45) is 0 Å². The average Bonchev–Trinajstić information content (AvgIpc) is 4.01. The lowest BCUT2D eigenvalue weighted by Crippen LogP contribution is -2.50. The molecule has 2 saturated heterocycles. The van der Waals surface area contributed by atoms with Crippen molar-refractivity contribution < 1.29 is 54.6 Å². The number of likely N-dealkylation sites (tertiary alicyclic amines) is 1. The molecule has 0 unspecified atom stereocenters. The molecule has 4 aromatic rings. The first kappa shape index (κ1) is 46.9. The van der Waals surface area contributed by atoms with Gasteiger partial charge in [-0.1, -0.05) is 36.4 Å². The Balaban J connectivity index is 0.982. The van der Waals surface area contributed by atoms with Crippen LogP contribution in [-0.2, 0) is 44.1 Å². The largest absolute Gasteiger partial charge is 0.416 e. The Morgan fingerprint density at radius 2 is 1.55 bits per heavy atom. The minimum Gasteiger partial charge on any atom is -0.380 e. The number of anilines is 1. The molecule has 2 aliphatic heterocycles. The number of hydrogen-bond acceptors (Lipinski definition) is 8. The number of rotatable bonds is 14. The number of fused-ring (bicyclic) bond motifs is 2. The third-order valence-electron chi connectivity index (χ3n) is 12.8. The van der Waals surface area contributed by atoms with Gasteiger partial charge in [0.05, 0.1) is 33.7 Å². The second-order valence-electron chi connectivity index (χ2n) is 16.8. The number of halogens is 7. The Morgan fingerprint density at radius 3 is 2.19 bits per heavy atom. The Kier molecular flexibility index (Phi) is 13.8. The van der Waals surface area contributed by atoms with Crippen molar-refractivity contribution in [3.05, 3.63) is 123 Å². The van der Waals surface area contributed by atoms with Crippen LogP contribution in [0, 0.1) is 5.82 Å². The molecule has 344 valence electrons. The molecule has 0 saturated carbocycles. The summed E-state index contributed by atoms with van der Waals surface area (Å²) in [5.74, 6) is -1.83. The first-order valence-electron chi connectivity index (χ1n) is 21.0. The van der Waals surface area contributed by atoms with Crippen LogP contribution in [0.5, 0.6) is 0 Å². The Bertz CT molecular complexity index is 2280. The van der Waals surface area contributed by atoms with Gasteiger partial charge in [0.15, 0.2) is 0 Å². The molecule has 0 bridgehead atoms. The molecule has 1 N–H and O–H groups in total. The van der Waals surface area contributed by atoms with Crippen LogP contribution in [0.4, 0.5) is 35.7 Å². The predicted molar refractivity (Wildman–Crippen MR) is 226 cm³/mol. The highest BCUT2D eigenvalue weighted by Crippen LogP contribution is 2.48. The lowest BCUT2D eigenvalue weighted by atomic mass is 9.72. The van der Waals surface area contributed by atoms with E-state index >= 15 is 0 Å². The predicted octanol–water partition coefficient (Wildman–Crippen LogP) is 8.28. The van der Waals surface area contributed by atoms with Crippen LogP contribution in [0.25, 0.3) is 0 Å². The maximum Gasteiger partial charge on any atom is 0.416 e. The lowest BCUT2D eigenvalue weighted by Gasteiger charge is -2.44. The summed E-state index contributed by atoms with van der Waals surface area (Å²) in [7, 11) is 5.26. The summed E-state index contributed by atoms with van der Waals surface area (Å²) >= 11 is 1.38. The molecule has 3 aromatic carbocycles. The zero-order valence-electron chi connectivity index (χ0n) is 35.7. The molecule has 1 aliphatic carbocycles. The molecule has 0 radical (unpaired) electrons. The van der Waals surface area contributed by atoms with Crippen LogP contribution in [0.3, 0.4) is 0 Å². The zero-order valence-corrected chi connectivity index (χ0v) is 36.5. The molecule has 10 nitrogen and oxygen atoms in total. The van der Waals surface area contributed by atoms with Crippen molar-refractivity contribution >= 4 is 34.1 Å². The van der Waals surface area contributed by atoms with Gasteiger partial charge < -0.3 is 34.4 Å². The van der Waals surface area contributed by atoms with Crippen molar-refractivity contribution in [2.45, 2.75) is 61.6 Å². The number of benzene rings is 3. The van der Waals surface area contributed by atoms with Gasteiger partial charge in [0, 0.05) is 51.8 Å². The quantitative estimate of drug-likeness (QED) is 0.127. The van der Waals surface area contributed by atoms with Gasteiger partial charge in [-0.2, -0.15) is 26.3 Å². The maximum absolute atomic E-state index is 14.1. The van der Waals surface area contributed by atoms with E-state index in [-0.39, 0.29) is 49.0 Å². The van der Waals surface area contributed by atoms with Gasteiger partial charge in [0.25, 0.3) is 11.8 Å². The minimum atomic E-state index is -5.13. The van der Waals surface area contributed by atoms with Gasteiger partial charge in [0.1, 0.15) is 24.8 Å². The molecule has 1 aromatic heterocycles. The molecule has 18 heteroatoms. The number of likely N-dealkylation sites (N-methyl/N-ethyl adjacent to an activating group) is 1. The second kappa shape index (κ2) is 18.8. The molecular weight excluding hydrogens is 868 g/mol. The number of nitrogens with zero attached hydrogens (tertiary/aromatic N) is 4. The highest BCUT2D eigenvalue weighted by molar-refractivity contribution is 7.17. The smallest absolute Gasteiger partial charge is 0.380 e. The first-order chi connectivity index (χ1) is 30.3. The summed E-state index contributed by atoms with van der Waals surface area (Å²) in [4.78, 5) is 47.0. The Morgan fingerprint density at radius 1 is 0.891 bits per heavy atom. The highest BCUT2D eigenvalue weighted by atomic mass is 32.1. The number of piperidine rings is 1. The number of carbonyl (C=O) groups excluding carboxylic acids is 3. The van der Waals surface area contributed by atoms with E-state index in [2.05, 4.69) is 22.3 Å². The SMILES string of the molecule is CNc1ccc(C(=O)N(C)CCCN(C)C(=O)CO[C@H]2Cc3ccccc3C23CCN(CC[C@]2(c4ccc(F)cc4)CN(C(=O)c4cc(C(F)(F)F)cc(C(F)(F)F)c4)CO2)CC3)s1. The van der Waals surface area contributed by atoms with Gasteiger partial charge in [-0.05, 0) is 104 Å². The molecule has 2 fully saturated rings. The summed E-state index contributed by atoms with van der Waals surface area (Å²) in [6, 6.07) is 18.1. The van der Waals surface area contributed by atoms with Gasteiger partial charge in [-0.3, -0.25) is 14.4 Å². The number of hydrogen-bond donors (Lipinski definition) is 1. The molecular formula is C46H50F7N5O5S. The van der Waals surface area contributed by atoms with E-state index < -0.39 is 53.1 Å². The van der Waals surface area contributed by atoms with E-state index in [0.717, 1.165) is 15.5 Å².